The fourth-order valence-corrected chi connectivity index (χ4v) is 2.45. The van der Waals surface area contributed by atoms with Gasteiger partial charge in [0.1, 0.15) is 11.9 Å². The van der Waals surface area contributed by atoms with Gasteiger partial charge < -0.3 is 14.6 Å². The molecule has 0 saturated heterocycles. The molecule has 1 amide bonds. The van der Waals surface area contributed by atoms with E-state index in [4.69, 9.17) is 4.74 Å². The number of amides is 1. The molecule has 1 aromatic heterocycles. The van der Waals surface area contributed by atoms with Gasteiger partial charge >= 0.3 is 12.1 Å². The standard InChI is InChI=1S/C21H18F3N3O3/c1-14(13-25-18(28)12-7-15-5-3-2-4-6-15)29-17-10-8-16(9-11-17)19-26-20(30-27-19)21(22,23)24/h2-12,14H,13H2,1H3,(H,25,28)/b12-7+/t14-/m1/s1. The number of benzene rings is 2. The lowest BCUT2D eigenvalue weighted by molar-refractivity contribution is -0.159. The number of halogens is 3. The zero-order valence-electron chi connectivity index (χ0n) is 15.9. The lowest BCUT2D eigenvalue weighted by atomic mass is 10.2. The maximum Gasteiger partial charge on any atom is 0.471 e. The van der Waals surface area contributed by atoms with Gasteiger partial charge in [0.15, 0.2) is 0 Å². The van der Waals surface area contributed by atoms with Crippen LogP contribution in [0.25, 0.3) is 17.5 Å². The molecule has 0 aliphatic rings. The van der Waals surface area contributed by atoms with Crippen molar-refractivity contribution >= 4 is 12.0 Å². The minimum absolute atomic E-state index is 0.167. The summed E-state index contributed by atoms with van der Waals surface area (Å²) in [5, 5.41) is 6.07. The fourth-order valence-electron chi connectivity index (χ4n) is 2.45. The van der Waals surface area contributed by atoms with Crippen molar-refractivity contribution in [2.24, 2.45) is 0 Å². The van der Waals surface area contributed by atoms with Gasteiger partial charge in [-0.2, -0.15) is 18.2 Å². The van der Waals surface area contributed by atoms with Crippen LogP contribution in [-0.2, 0) is 11.0 Å². The highest BCUT2D eigenvalue weighted by molar-refractivity contribution is 5.91. The predicted molar refractivity (Wildman–Crippen MR) is 103 cm³/mol. The van der Waals surface area contributed by atoms with E-state index in [1.54, 1.807) is 25.1 Å². The first-order valence-corrected chi connectivity index (χ1v) is 9.00. The Kier molecular flexibility index (Phi) is 6.51. The second-order valence-corrected chi connectivity index (χ2v) is 6.36. The van der Waals surface area contributed by atoms with Gasteiger partial charge in [-0.15, -0.1) is 0 Å². The van der Waals surface area contributed by atoms with Crippen LogP contribution >= 0.6 is 0 Å². The van der Waals surface area contributed by atoms with Crippen LogP contribution in [0.15, 0.2) is 65.2 Å². The molecule has 0 aliphatic heterocycles. The number of hydrogen-bond donors (Lipinski definition) is 1. The number of nitrogens with zero attached hydrogens (tertiary/aromatic N) is 2. The molecule has 3 aromatic rings. The van der Waals surface area contributed by atoms with Crippen molar-refractivity contribution in [3.8, 4) is 17.1 Å². The molecule has 9 heteroatoms. The quantitative estimate of drug-likeness (QED) is 0.579. The highest BCUT2D eigenvalue weighted by atomic mass is 19.4. The van der Waals surface area contributed by atoms with Gasteiger partial charge in [0.05, 0.1) is 6.54 Å². The topological polar surface area (TPSA) is 77.2 Å². The monoisotopic (exact) mass is 417 g/mol. The second kappa shape index (κ2) is 9.25. The van der Waals surface area contributed by atoms with E-state index in [-0.39, 0.29) is 24.4 Å². The smallest absolute Gasteiger partial charge is 0.471 e. The van der Waals surface area contributed by atoms with Gasteiger partial charge in [-0.3, -0.25) is 4.79 Å². The second-order valence-electron chi connectivity index (χ2n) is 6.36. The molecule has 0 aliphatic carbocycles. The van der Waals surface area contributed by atoms with Crippen molar-refractivity contribution in [3.05, 3.63) is 72.1 Å². The number of alkyl halides is 3. The summed E-state index contributed by atoms with van der Waals surface area (Å²) in [6.07, 6.45) is -1.87. The molecule has 0 radical (unpaired) electrons. The molecule has 0 spiro atoms. The Labute approximate surface area is 170 Å². The average molecular weight is 417 g/mol. The molecule has 1 heterocycles. The summed E-state index contributed by atoms with van der Waals surface area (Å²) in [5.74, 6) is -1.33. The first kappa shape index (κ1) is 21.1. The predicted octanol–water partition coefficient (Wildman–Crippen LogP) is 4.35. The summed E-state index contributed by atoms with van der Waals surface area (Å²) in [6, 6.07) is 15.6. The molecular formula is C21H18F3N3O3. The molecule has 1 atom stereocenters. The summed E-state index contributed by atoms with van der Waals surface area (Å²) in [6.45, 7) is 2.06. The molecule has 0 fully saturated rings. The molecule has 2 aromatic carbocycles. The molecule has 0 bridgehead atoms. The number of ether oxygens (including phenoxy) is 1. The average Bonchev–Trinajstić information content (AvgIpc) is 3.23. The van der Waals surface area contributed by atoms with Crippen LogP contribution in [0.2, 0.25) is 0 Å². The largest absolute Gasteiger partial charge is 0.489 e. The van der Waals surface area contributed by atoms with E-state index in [1.165, 1.54) is 18.2 Å². The third-order valence-corrected chi connectivity index (χ3v) is 3.91. The van der Waals surface area contributed by atoms with Crippen LogP contribution in [0.1, 0.15) is 18.4 Å². The maximum atomic E-state index is 12.5. The van der Waals surface area contributed by atoms with E-state index in [1.807, 2.05) is 30.3 Å². The molecule has 6 nitrogen and oxygen atoms in total. The molecule has 30 heavy (non-hydrogen) atoms. The van der Waals surface area contributed by atoms with Crippen molar-refractivity contribution in [2.75, 3.05) is 6.54 Å². The van der Waals surface area contributed by atoms with Gasteiger partial charge in [0, 0.05) is 11.6 Å². The Morgan fingerprint density at radius 1 is 1.17 bits per heavy atom. The van der Waals surface area contributed by atoms with Gasteiger partial charge in [0.2, 0.25) is 11.7 Å². The SMILES string of the molecule is C[C@H](CNC(=O)/C=C/c1ccccc1)Oc1ccc(-c2noc(C(F)(F)F)n2)cc1. The van der Waals surface area contributed by atoms with Gasteiger partial charge in [-0.25, -0.2) is 0 Å². The first-order chi connectivity index (χ1) is 14.3. The van der Waals surface area contributed by atoms with E-state index in [0.29, 0.717) is 11.3 Å². The van der Waals surface area contributed by atoms with Crippen molar-refractivity contribution in [1.29, 1.82) is 0 Å². The zero-order valence-corrected chi connectivity index (χ0v) is 15.9. The molecule has 3 rings (SSSR count). The van der Waals surface area contributed by atoms with Crippen molar-refractivity contribution < 1.29 is 27.2 Å². The Morgan fingerprint density at radius 2 is 1.87 bits per heavy atom. The van der Waals surface area contributed by atoms with E-state index in [0.717, 1.165) is 5.56 Å². The van der Waals surface area contributed by atoms with Crippen LogP contribution in [0, 0.1) is 0 Å². The van der Waals surface area contributed by atoms with E-state index in [2.05, 4.69) is 20.0 Å². The van der Waals surface area contributed by atoms with Gasteiger partial charge in [-0.05, 0) is 42.8 Å². The van der Waals surface area contributed by atoms with Crippen molar-refractivity contribution in [3.63, 3.8) is 0 Å². The Balaban J connectivity index is 1.49. The number of aromatic nitrogens is 2. The van der Waals surface area contributed by atoms with E-state index >= 15 is 0 Å². The summed E-state index contributed by atoms with van der Waals surface area (Å²) < 4.78 is 47.5. The van der Waals surface area contributed by atoms with E-state index < -0.39 is 12.1 Å². The summed E-state index contributed by atoms with van der Waals surface area (Å²) >= 11 is 0. The number of hydrogen-bond acceptors (Lipinski definition) is 5. The Hall–Kier alpha value is -3.62. The number of carbonyl (C=O) groups excluding carboxylic acids is 1. The number of rotatable bonds is 7. The molecule has 0 saturated carbocycles. The number of nitrogens with one attached hydrogen (secondary N) is 1. The van der Waals surface area contributed by atoms with Crippen molar-refractivity contribution in [2.45, 2.75) is 19.2 Å². The van der Waals surface area contributed by atoms with Gasteiger partial charge in [0.25, 0.3) is 0 Å². The summed E-state index contributed by atoms with van der Waals surface area (Å²) in [4.78, 5) is 15.2. The summed E-state index contributed by atoms with van der Waals surface area (Å²) in [7, 11) is 0. The molecular weight excluding hydrogens is 399 g/mol. The lowest BCUT2D eigenvalue weighted by Gasteiger charge is -2.15. The van der Waals surface area contributed by atoms with E-state index in [9.17, 15) is 18.0 Å². The highest BCUT2D eigenvalue weighted by Gasteiger charge is 2.38. The first-order valence-electron chi connectivity index (χ1n) is 9.00. The van der Waals surface area contributed by atoms with Crippen molar-refractivity contribution in [1.82, 2.24) is 15.5 Å². The summed E-state index contributed by atoms with van der Waals surface area (Å²) in [5.41, 5.74) is 1.27. The van der Waals surface area contributed by atoms with Crippen LogP contribution in [-0.4, -0.2) is 28.7 Å². The van der Waals surface area contributed by atoms with Crippen LogP contribution < -0.4 is 10.1 Å². The molecule has 156 valence electrons. The minimum atomic E-state index is -4.69. The zero-order chi connectivity index (χ0) is 21.6. The van der Waals surface area contributed by atoms with Crippen LogP contribution in [0.4, 0.5) is 13.2 Å². The fraction of sp³-hybridized carbons (Fsp3) is 0.190. The Morgan fingerprint density at radius 3 is 2.50 bits per heavy atom. The van der Waals surface area contributed by atoms with Crippen LogP contribution in [0.3, 0.4) is 0 Å². The van der Waals surface area contributed by atoms with Gasteiger partial charge in [-0.1, -0.05) is 35.5 Å². The lowest BCUT2D eigenvalue weighted by Crippen LogP contribution is -2.32. The normalized spacial score (nSPS) is 12.7. The number of carbonyl (C=O) groups is 1. The highest BCUT2D eigenvalue weighted by Crippen LogP contribution is 2.29. The maximum absolute atomic E-state index is 12.5. The molecule has 0 unspecified atom stereocenters. The molecule has 1 N–H and O–H groups in total. The van der Waals surface area contributed by atoms with Crippen LogP contribution in [0.5, 0.6) is 5.75 Å². The third-order valence-electron chi connectivity index (χ3n) is 3.91. The third kappa shape index (κ3) is 5.94. The minimum Gasteiger partial charge on any atom is -0.489 e. The Bertz CT molecular complexity index is 1000.